The van der Waals surface area contributed by atoms with Crippen molar-refractivity contribution in [3.8, 4) is 11.1 Å². The molecule has 124 valence electrons. The molecule has 0 amide bonds. The van der Waals surface area contributed by atoms with Crippen LogP contribution in [0, 0.1) is 0 Å². The van der Waals surface area contributed by atoms with E-state index in [1.807, 2.05) is 42.5 Å². The van der Waals surface area contributed by atoms with Gasteiger partial charge in [-0.05, 0) is 29.3 Å². The maximum absolute atomic E-state index is 6.21. The van der Waals surface area contributed by atoms with Gasteiger partial charge >= 0.3 is 0 Å². The Morgan fingerprint density at radius 2 is 1.52 bits per heavy atom. The first-order valence-electron chi connectivity index (χ1n) is 8.32. The van der Waals surface area contributed by atoms with E-state index in [1.165, 1.54) is 5.56 Å². The Balaban J connectivity index is 1.68. The van der Waals surface area contributed by atoms with Gasteiger partial charge in [0.25, 0.3) is 0 Å². The number of benzene rings is 3. The van der Waals surface area contributed by atoms with Gasteiger partial charge in [-0.25, -0.2) is 0 Å². The summed E-state index contributed by atoms with van der Waals surface area (Å²) < 4.78 is 6.13. The fraction of sp³-hybridized carbons (Fsp3) is 0.0909. The van der Waals surface area contributed by atoms with E-state index >= 15 is 0 Å². The fourth-order valence-electron chi connectivity index (χ4n) is 3.08. The molecule has 25 heavy (non-hydrogen) atoms. The van der Waals surface area contributed by atoms with Crippen LogP contribution in [0.4, 0.5) is 0 Å². The van der Waals surface area contributed by atoms with Gasteiger partial charge in [0, 0.05) is 22.5 Å². The van der Waals surface area contributed by atoms with Gasteiger partial charge < -0.3 is 9.73 Å². The maximum atomic E-state index is 6.21. The Morgan fingerprint density at radius 1 is 0.800 bits per heavy atom. The normalized spacial score (nSPS) is 11.1. The predicted octanol–water partition coefficient (Wildman–Crippen LogP) is 6.04. The van der Waals surface area contributed by atoms with Gasteiger partial charge in [0.1, 0.15) is 11.3 Å². The minimum Gasteiger partial charge on any atom is -0.459 e. The van der Waals surface area contributed by atoms with Crippen LogP contribution in [-0.2, 0) is 13.1 Å². The molecule has 1 N–H and O–H groups in total. The lowest BCUT2D eigenvalue weighted by atomic mass is 10.0. The molecule has 0 aliphatic carbocycles. The molecule has 0 fully saturated rings. The molecular weight excluding hydrogens is 330 g/mol. The fourth-order valence-corrected chi connectivity index (χ4v) is 3.25. The largest absolute Gasteiger partial charge is 0.459 e. The van der Waals surface area contributed by atoms with Crippen molar-refractivity contribution in [1.82, 2.24) is 5.32 Å². The van der Waals surface area contributed by atoms with Gasteiger partial charge in [-0.15, -0.1) is 0 Å². The quantitative estimate of drug-likeness (QED) is 0.476. The molecule has 1 aromatic heterocycles. The highest BCUT2D eigenvalue weighted by molar-refractivity contribution is 6.31. The van der Waals surface area contributed by atoms with E-state index in [9.17, 15) is 0 Å². The van der Waals surface area contributed by atoms with Gasteiger partial charge in [-0.1, -0.05) is 72.3 Å². The van der Waals surface area contributed by atoms with Crippen LogP contribution >= 0.6 is 11.6 Å². The molecule has 0 unspecified atom stereocenters. The summed E-state index contributed by atoms with van der Waals surface area (Å²) in [6.07, 6.45) is 0. The average molecular weight is 348 g/mol. The first-order valence-corrected chi connectivity index (χ1v) is 8.70. The Hall–Kier alpha value is -2.55. The summed E-state index contributed by atoms with van der Waals surface area (Å²) in [6.45, 7) is 1.46. The van der Waals surface area contributed by atoms with Crippen molar-refractivity contribution in [3.63, 3.8) is 0 Å². The Morgan fingerprint density at radius 3 is 2.28 bits per heavy atom. The lowest BCUT2D eigenvalue weighted by Gasteiger charge is -2.06. The summed E-state index contributed by atoms with van der Waals surface area (Å²) >= 11 is 6.21. The second kappa shape index (κ2) is 7.14. The summed E-state index contributed by atoms with van der Waals surface area (Å²) in [7, 11) is 0. The summed E-state index contributed by atoms with van der Waals surface area (Å²) in [5.41, 5.74) is 4.36. The van der Waals surface area contributed by atoms with Crippen LogP contribution in [0.2, 0.25) is 5.02 Å². The van der Waals surface area contributed by atoms with Crippen LogP contribution in [0.25, 0.3) is 22.1 Å². The van der Waals surface area contributed by atoms with Gasteiger partial charge in [-0.3, -0.25) is 0 Å². The molecule has 0 saturated carbocycles. The number of hydrogen-bond acceptors (Lipinski definition) is 2. The van der Waals surface area contributed by atoms with Crippen LogP contribution in [0.1, 0.15) is 11.3 Å². The van der Waals surface area contributed by atoms with Crippen molar-refractivity contribution in [3.05, 3.63) is 95.2 Å². The van der Waals surface area contributed by atoms with E-state index < -0.39 is 0 Å². The maximum Gasteiger partial charge on any atom is 0.135 e. The lowest BCUT2D eigenvalue weighted by Crippen LogP contribution is -2.12. The number of fused-ring (bicyclic) bond motifs is 1. The summed E-state index contributed by atoms with van der Waals surface area (Å²) in [5, 5.41) is 5.25. The second-order valence-electron chi connectivity index (χ2n) is 6.00. The van der Waals surface area contributed by atoms with Gasteiger partial charge in [0.2, 0.25) is 0 Å². The molecular formula is C22H18ClNO. The van der Waals surface area contributed by atoms with E-state index in [2.05, 4.69) is 41.7 Å². The smallest absolute Gasteiger partial charge is 0.135 e. The van der Waals surface area contributed by atoms with Crippen molar-refractivity contribution >= 4 is 22.6 Å². The first-order chi connectivity index (χ1) is 12.3. The molecule has 4 rings (SSSR count). The minimum absolute atomic E-state index is 0.658. The third-order valence-corrected chi connectivity index (χ3v) is 4.48. The number of rotatable bonds is 5. The van der Waals surface area contributed by atoms with Crippen molar-refractivity contribution in [2.45, 2.75) is 13.1 Å². The zero-order valence-electron chi connectivity index (χ0n) is 13.7. The van der Waals surface area contributed by atoms with Crippen LogP contribution in [0.5, 0.6) is 0 Å². The summed E-state index contributed by atoms with van der Waals surface area (Å²) in [5.74, 6) is 0.930. The van der Waals surface area contributed by atoms with Crippen molar-refractivity contribution in [2.24, 2.45) is 0 Å². The molecule has 0 aliphatic rings. The minimum atomic E-state index is 0.658. The number of halogens is 1. The molecule has 0 radical (unpaired) electrons. The number of hydrogen-bond donors (Lipinski definition) is 1. The highest BCUT2D eigenvalue weighted by atomic mass is 35.5. The highest BCUT2D eigenvalue weighted by Gasteiger charge is 2.16. The van der Waals surface area contributed by atoms with Gasteiger partial charge in [0.05, 0.1) is 6.54 Å². The van der Waals surface area contributed by atoms with Crippen molar-refractivity contribution in [1.29, 1.82) is 0 Å². The molecule has 0 spiro atoms. The molecule has 0 saturated heterocycles. The van der Waals surface area contributed by atoms with Crippen molar-refractivity contribution < 1.29 is 4.42 Å². The highest BCUT2D eigenvalue weighted by Crippen LogP contribution is 2.36. The number of furan rings is 1. The Labute approximate surface area is 152 Å². The topological polar surface area (TPSA) is 25.2 Å². The number of nitrogens with one attached hydrogen (secondary N) is 1. The van der Waals surface area contributed by atoms with E-state index in [0.717, 1.165) is 34.4 Å². The van der Waals surface area contributed by atoms with Crippen LogP contribution < -0.4 is 5.32 Å². The van der Waals surface area contributed by atoms with Gasteiger partial charge in [-0.2, -0.15) is 0 Å². The van der Waals surface area contributed by atoms with E-state index in [4.69, 9.17) is 16.0 Å². The van der Waals surface area contributed by atoms with E-state index in [1.54, 1.807) is 0 Å². The Kier molecular flexibility index (Phi) is 4.55. The monoisotopic (exact) mass is 347 g/mol. The third-order valence-electron chi connectivity index (χ3n) is 4.24. The van der Waals surface area contributed by atoms with E-state index in [0.29, 0.717) is 11.6 Å². The van der Waals surface area contributed by atoms with E-state index in [-0.39, 0.29) is 0 Å². The molecule has 0 bridgehead atoms. The summed E-state index contributed by atoms with van der Waals surface area (Å²) in [6, 6.07) is 26.4. The van der Waals surface area contributed by atoms with Crippen LogP contribution in [-0.4, -0.2) is 0 Å². The average Bonchev–Trinajstić information content (AvgIpc) is 3.01. The third kappa shape index (κ3) is 3.46. The Bertz CT molecular complexity index is 977. The molecule has 1 heterocycles. The molecule has 3 aromatic carbocycles. The first kappa shape index (κ1) is 15.9. The molecule has 2 nitrogen and oxygen atoms in total. The zero-order valence-corrected chi connectivity index (χ0v) is 14.5. The van der Waals surface area contributed by atoms with Gasteiger partial charge in [0.15, 0.2) is 0 Å². The molecule has 3 heteroatoms. The molecule has 0 atom stereocenters. The van der Waals surface area contributed by atoms with Crippen LogP contribution in [0.3, 0.4) is 0 Å². The van der Waals surface area contributed by atoms with Crippen LogP contribution in [0.15, 0.2) is 83.3 Å². The molecule has 4 aromatic rings. The predicted molar refractivity (Wildman–Crippen MR) is 104 cm³/mol. The SMILES string of the molecule is Clc1ccc2oc(CNCc3ccccc3)c(-c3ccccc3)c2c1. The second-order valence-corrected chi connectivity index (χ2v) is 6.43. The molecule has 0 aliphatic heterocycles. The summed E-state index contributed by atoms with van der Waals surface area (Å²) in [4.78, 5) is 0. The standard InChI is InChI=1S/C22H18ClNO/c23-18-11-12-20-19(13-18)22(17-9-5-2-6-10-17)21(25-20)15-24-14-16-7-3-1-4-8-16/h1-13,24H,14-15H2. The zero-order chi connectivity index (χ0) is 17.1. The lowest BCUT2D eigenvalue weighted by molar-refractivity contribution is 0.515. The van der Waals surface area contributed by atoms with Crippen molar-refractivity contribution in [2.75, 3.05) is 0 Å².